The smallest absolute Gasteiger partial charge is 0.165 e. The standard InChI is InChI=1S/C15H21NO2.ClH/c1-3-17-13-6-4-5-12-10-7-11(16)9-15(2,8-10)18-14(12)13;/h4-6,10-11H,3,7-9,16H2,1-2H3;1H. The second-order valence-corrected chi connectivity index (χ2v) is 5.76. The summed E-state index contributed by atoms with van der Waals surface area (Å²) < 4.78 is 11.9. The van der Waals surface area contributed by atoms with E-state index in [1.165, 1.54) is 5.56 Å². The number of hydrogen-bond donors (Lipinski definition) is 1. The minimum absolute atomic E-state index is 0. The number of fused-ring (bicyclic) bond motifs is 4. The largest absolute Gasteiger partial charge is 0.490 e. The van der Waals surface area contributed by atoms with Gasteiger partial charge in [-0.15, -0.1) is 12.4 Å². The highest BCUT2D eigenvalue weighted by Gasteiger charge is 2.44. The van der Waals surface area contributed by atoms with Crippen molar-refractivity contribution in [2.45, 2.75) is 50.7 Å². The van der Waals surface area contributed by atoms with E-state index in [9.17, 15) is 0 Å². The number of para-hydroxylation sites is 1. The summed E-state index contributed by atoms with van der Waals surface area (Å²) >= 11 is 0. The molecule has 1 aliphatic carbocycles. The Hall–Kier alpha value is -0.930. The van der Waals surface area contributed by atoms with Crippen LogP contribution in [-0.2, 0) is 0 Å². The van der Waals surface area contributed by atoms with Crippen LogP contribution in [0, 0.1) is 0 Å². The molecule has 3 rings (SSSR count). The summed E-state index contributed by atoms with van der Waals surface area (Å²) in [5.41, 5.74) is 7.30. The van der Waals surface area contributed by atoms with Gasteiger partial charge in [0.05, 0.1) is 6.61 Å². The van der Waals surface area contributed by atoms with Gasteiger partial charge in [0.1, 0.15) is 5.60 Å². The average molecular weight is 284 g/mol. The van der Waals surface area contributed by atoms with E-state index in [0.29, 0.717) is 12.5 Å². The minimum Gasteiger partial charge on any atom is -0.490 e. The van der Waals surface area contributed by atoms with Crippen molar-refractivity contribution >= 4 is 12.4 Å². The molecule has 2 aliphatic rings. The molecule has 2 N–H and O–H groups in total. The van der Waals surface area contributed by atoms with Gasteiger partial charge in [-0.3, -0.25) is 0 Å². The van der Waals surface area contributed by atoms with E-state index in [2.05, 4.69) is 19.1 Å². The van der Waals surface area contributed by atoms with Crippen LogP contribution in [0.1, 0.15) is 44.6 Å². The van der Waals surface area contributed by atoms with Crippen LogP contribution in [0.15, 0.2) is 18.2 Å². The van der Waals surface area contributed by atoms with Crippen molar-refractivity contribution in [3.8, 4) is 11.5 Å². The van der Waals surface area contributed by atoms with Gasteiger partial charge in [-0.25, -0.2) is 0 Å². The molecule has 1 aromatic rings. The first-order valence-corrected chi connectivity index (χ1v) is 6.81. The maximum absolute atomic E-state index is 6.24. The Balaban J connectivity index is 0.00000133. The zero-order chi connectivity index (χ0) is 12.8. The number of benzene rings is 1. The van der Waals surface area contributed by atoms with Gasteiger partial charge in [-0.1, -0.05) is 12.1 Å². The zero-order valence-electron chi connectivity index (χ0n) is 11.5. The summed E-state index contributed by atoms with van der Waals surface area (Å²) in [6.45, 7) is 4.84. The Bertz CT molecular complexity index is 465. The molecule has 0 aromatic heterocycles. The van der Waals surface area contributed by atoms with Crippen LogP contribution in [0.25, 0.3) is 0 Å². The molecule has 0 radical (unpaired) electrons. The topological polar surface area (TPSA) is 44.5 Å². The molecule has 106 valence electrons. The fourth-order valence-electron chi connectivity index (χ4n) is 3.49. The molecule has 3 atom stereocenters. The molecule has 4 heteroatoms. The number of rotatable bonds is 2. The van der Waals surface area contributed by atoms with Gasteiger partial charge in [0.15, 0.2) is 11.5 Å². The molecular weight excluding hydrogens is 262 g/mol. The highest BCUT2D eigenvalue weighted by atomic mass is 35.5. The van der Waals surface area contributed by atoms with Crippen LogP contribution < -0.4 is 15.2 Å². The maximum Gasteiger partial charge on any atom is 0.165 e. The lowest BCUT2D eigenvalue weighted by atomic mass is 9.71. The average Bonchev–Trinajstić information content (AvgIpc) is 2.29. The van der Waals surface area contributed by atoms with Crippen LogP contribution >= 0.6 is 12.4 Å². The second kappa shape index (κ2) is 5.22. The van der Waals surface area contributed by atoms with E-state index in [1.54, 1.807) is 0 Å². The summed E-state index contributed by atoms with van der Waals surface area (Å²) in [4.78, 5) is 0. The van der Waals surface area contributed by atoms with E-state index in [-0.39, 0.29) is 24.0 Å². The number of nitrogens with two attached hydrogens (primary N) is 1. The first-order valence-electron chi connectivity index (χ1n) is 6.81. The molecule has 3 nitrogen and oxygen atoms in total. The van der Waals surface area contributed by atoms with Gasteiger partial charge in [0.25, 0.3) is 0 Å². The monoisotopic (exact) mass is 283 g/mol. The fourth-order valence-corrected chi connectivity index (χ4v) is 3.49. The summed E-state index contributed by atoms with van der Waals surface area (Å²) in [6, 6.07) is 6.45. The van der Waals surface area contributed by atoms with Gasteiger partial charge in [-0.05, 0) is 38.7 Å². The third-order valence-electron chi connectivity index (χ3n) is 4.06. The van der Waals surface area contributed by atoms with E-state index >= 15 is 0 Å². The van der Waals surface area contributed by atoms with E-state index in [1.807, 2.05) is 13.0 Å². The number of hydrogen-bond acceptors (Lipinski definition) is 3. The van der Waals surface area contributed by atoms with Gasteiger partial charge in [0, 0.05) is 18.0 Å². The van der Waals surface area contributed by atoms with Gasteiger partial charge in [0.2, 0.25) is 0 Å². The minimum atomic E-state index is -0.122. The first kappa shape index (κ1) is 14.5. The second-order valence-electron chi connectivity index (χ2n) is 5.76. The molecule has 19 heavy (non-hydrogen) atoms. The molecule has 2 bridgehead atoms. The molecule has 0 saturated heterocycles. The van der Waals surface area contributed by atoms with E-state index < -0.39 is 0 Å². The van der Waals surface area contributed by atoms with Crippen LogP contribution in [0.2, 0.25) is 0 Å². The summed E-state index contributed by atoms with van der Waals surface area (Å²) in [7, 11) is 0. The lowest BCUT2D eigenvalue weighted by Crippen LogP contribution is -2.48. The van der Waals surface area contributed by atoms with Crippen molar-refractivity contribution < 1.29 is 9.47 Å². The molecule has 1 aromatic carbocycles. The number of halogens is 1. The lowest BCUT2D eigenvalue weighted by Gasteiger charge is -2.46. The zero-order valence-corrected chi connectivity index (χ0v) is 12.3. The molecule has 0 spiro atoms. The number of ether oxygens (including phenoxy) is 2. The van der Waals surface area contributed by atoms with Crippen molar-refractivity contribution in [3.05, 3.63) is 23.8 Å². The molecule has 3 unspecified atom stereocenters. The molecule has 1 heterocycles. The van der Waals surface area contributed by atoms with Crippen molar-refractivity contribution in [1.29, 1.82) is 0 Å². The highest BCUT2D eigenvalue weighted by Crippen LogP contribution is 2.51. The molecule has 1 fully saturated rings. The Labute approximate surface area is 120 Å². The van der Waals surface area contributed by atoms with Crippen molar-refractivity contribution in [3.63, 3.8) is 0 Å². The van der Waals surface area contributed by atoms with E-state index in [4.69, 9.17) is 15.2 Å². The van der Waals surface area contributed by atoms with Crippen LogP contribution in [0.5, 0.6) is 11.5 Å². The first-order chi connectivity index (χ1) is 8.61. The predicted molar refractivity (Wildman–Crippen MR) is 78.5 cm³/mol. The molecule has 1 aliphatic heterocycles. The van der Waals surface area contributed by atoms with Crippen LogP contribution in [0.4, 0.5) is 0 Å². The predicted octanol–water partition coefficient (Wildman–Crippen LogP) is 3.25. The third kappa shape index (κ3) is 2.54. The molecule has 1 saturated carbocycles. The van der Waals surface area contributed by atoms with Gasteiger partial charge in [-0.2, -0.15) is 0 Å². The molecular formula is C15H22ClNO2. The van der Waals surface area contributed by atoms with Crippen molar-refractivity contribution in [1.82, 2.24) is 0 Å². The molecule has 0 amide bonds. The quantitative estimate of drug-likeness (QED) is 0.906. The van der Waals surface area contributed by atoms with Crippen molar-refractivity contribution in [2.75, 3.05) is 6.61 Å². The summed E-state index contributed by atoms with van der Waals surface area (Å²) in [5.74, 6) is 2.34. The Morgan fingerprint density at radius 3 is 2.95 bits per heavy atom. The Kier molecular flexibility index (Phi) is 3.98. The van der Waals surface area contributed by atoms with E-state index in [0.717, 1.165) is 30.8 Å². The fraction of sp³-hybridized carbons (Fsp3) is 0.600. The van der Waals surface area contributed by atoms with Crippen LogP contribution in [0.3, 0.4) is 0 Å². The highest BCUT2D eigenvalue weighted by molar-refractivity contribution is 5.85. The maximum atomic E-state index is 6.24. The SMILES string of the molecule is CCOc1cccc2c1OC1(C)CC(N)CC2C1.Cl. The van der Waals surface area contributed by atoms with Gasteiger partial charge < -0.3 is 15.2 Å². The third-order valence-corrected chi connectivity index (χ3v) is 4.06. The Morgan fingerprint density at radius 1 is 1.42 bits per heavy atom. The normalized spacial score (nSPS) is 31.7. The van der Waals surface area contributed by atoms with Crippen LogP contribution in [-0.4, -0.2) is 18.2 Å². The van der Waals surface area contributed by atoms with Crippen molar-refractivity contribution in [2.24, 2.45) is 5.73 Å². The lowest BCUT2D eigenvalue weighted by molar-refractivity contribution is 0.0107. The van der Waals surface area contributed by atoms with Gasteiger partial charge >= 0.3 is 0 Å². The Morgan fingerprint density at radius 2 is 2.21 bits per heavy atom. The summed E-state index contributed by atoms with van der Waals surface area (Å²) in [6.07, 6.45) is 3.06. The summed E-state index contributed by atoms with van der Waals surface area (Å²) in [5, 5.41) is 0.